The van der Waals surface area contributed by atoms with Gasteiger partial charge in [0.15, 0.2) is 0 Å². The molecule has 2 amide bonds. The van der Waals surface area contributed by atoms with Crippen molar-refractivity contribution >= 4 is 17.5 Å². The highest BCUT2D eigenvalue weighted by Gasteiger charge is 2.26. The minimum Gasteiger partial charge on any atom is -0.497 e. The second-order valence-corrected chi connectivity index (χ2v) is 6.45. The number of carbonyl (C=O) groups is 2. The van der Waals surface area contributed by atoms with Crippen LogP contribution in [0.4, 0.5) is 5.69 Å². The van der Waals surface area contributed by atoms with E-state index in [1.807, 2.05) is 24.3 Å². The number of hydrogen-bond acceptors (Lipinski definition) is 5. The van der Waals surface area contributed by atoms with Crippen molar-refractivity contribution in [3.8, 4) is 5.75 Å². The summed E-state index contributed by atoms with van der Waals surface area (Å²) in [6, 6.07) is 10.7. The average Bonchev–Trinajstić information content (AvgIpc) is 2.74. The summed E-state index contributed by atoms with van der Waals surface area (Å²) in [5.41, 5.74) is 1.53. The number of anilines is 1. The maximum absolute atomic E-state index is 12.7. The number of rotatable bonds is 5. The molecule has 2 heterocycles. The van der Waals surface area contributed by atoms with E-state index >= 15 is 0 Å². The molecule has 1 saturated heterocycles. The van der Waals surface area contributed by atoms with Crippen molar-refractivity contribution in [3.05, 3.63) is 54.4 Å². The zero-order chi connectivity index (χ0) is 19.2. The van der Waals surface area contributed by atoms with Crippen LogP contribution in [0.1, 0.15) is 17.3 Å². The van der Waals surface area contributed by atoms with Crippen molar-refractivity contribution in [2.24, 2.45) is 0 Å². The van der Waals surface area contributed by atoms with Crippen LogP contribution < -0.4 is 15.0 Å². The molecule has 1 aliphatic heterocycles. The fourth-order valence-corrected chi connectivity index (χ4v) is 3.10. The van der Waals surface area contributed by atoms with Crippen molar-refractivity contribution < 1.29 is 14.3 Å². The molecule has 7 nitrogen and oxygen atoms in total. The maximum Gasteiger partial charge on any atom is 0.253 e. The number of nitrogens with one attached hydrogen (secondary N) is 1. The number of amides is 2. The molecular formula is C20H24N4O3. The van der Waals surface area contributed by atoms with E-state index in [1.165, 1.54) is 6.20 Å². The van der Waals surface area contributed by atoms with Crippen LogP contribution in [0.15, 0.2) is 48.8 Å². The predicted molar refractivity (Wildman–Crippen MR) is 103 cm³/mol. The summed E-state index contributed by atoms with van der Waals surface area (Å²) in [6.07, 6.45) is 3.09. The molecule has 2 aromatic rings. The Hall–Kier alpha value is -3.09. The monoisotopic (exact) mass is 368 g/mol. The number of ether oxygens (including phenoxy) is 1. The Morgan fingerprint density at radius 3 is 2.59 bits per heavy atom. The van der Waals surface area contributed by atoms with Gasteiger partial charge in [0.25, 0.3) is 5.91 Å². The molecule has 0 saturated carbocycles. The van der Waals surface area contributed by atoms with E-state index < -0.39 is 6.04 Å². The molecule has 0 spiro atoms. The predicted octanol–water partition coefficient (Wildman–Crippen LogP) is 1.56. The first-order chi connectivity index (χ1) is 13.1. The average molecular weight is 368 g/mol. The molecule has 1 unspecified atom stereocenters. The van der Waals surface area contributed by atoms with Crippen molar-refractivity contribution in [2.75, 3.05) is 38.2 Å². The van der Waals surface area contributed by atoms with Gasteiger partial charge in [0.05, 0.1) is 12.7 Å². The minimum absolute atomic E-state index is 0.0717. The summed E-state index contributed by atoms with van der Waals surface area (Å²) < 4.78 is 5.27. The highest BCUT2D eigenvalue weighted by atomic mass is 16.5. The van der Waals surface area contributed by atoms with E-state index in [9.17, 15) is 9.59 Å². The third-order valence-electron chi connectivity index (χ3n) is 4.65. The van der Waals surface area contributed by atoms with Gasteiger partial charge in [-0.3, -0.25) is 14.6 Å². The number of aromatic nitrogens is 1. The van der Waals surface area contributed by atoms with E-state index in [4.69, 9.17) is 4.74 Å². The lowest BCUT2D eigenvalue weighted by Crippen LogP contribution is -2.54. The molecule has 0 aliphatic carbocycles. The first kappa shape index (κ1) is 18.7. The molecule has 142 valence electrons. The van der Waals surface area contributed by atoms with Crippen molar-refractivity contribution in [2.45, 2.75) is 13.0 Å². The highest BCUT2D eigenvalue weighted by Crippen LogP contribution is 2.22. The van der Waals surface area contributed by atoms with Gasteiger partial charge in [0.2, 0.25) is 5.91 Å². The van der Waals surface area contributed by atoms with Crippen LogP contribution in [0.25, 0.3) is 0 Å². The molecule has 27 heavy (non-hydrogen) atoms. The van der Waals surface area contributed by atoms with E-state index in [-0.39, 0.29) is 11.8 Å². The van der Waals surface area contributed by atoms with Gasteiger partial charge in [0.1, 0.15) is 11.8 Å². The molecule has 7 heteroatoms. The van der Waals surface area contributed by atoms with Gasteiger partial charge in [-0.15, -0.1) is 0 Å². The first-order valence-electron chi connectivity index (χ1n) is 8.97. The Morgan fingerprint density at radius 2 is 1.93 bits per heavy atom. The van der Waals surface area contributed by atoms with Gasteiger partial charge in [-0.2, -0.15) is 0 Å². The lowest BCUT2D eigenvalue weighted by atomic mass is 10.2. The fourth-order valence-electron chi connectivity index (χ4n) is 3.10. The maximum atomic E-state index is 12.7. The summed E-state index contributed by atoms with van der Waals surface area (Å²) in [4.78, 5) is 32.8. The van der Waals surface area contributed by atoms with Gasteiger partial charge in [-0.25, -0.2) is 0 Å². The minimum atomic E-state index is -0.582. The second kappa shape index (κ2) is 8.53. The van der Waals surface area contributed by atoms with Crippen LogP contribution in [0.3, 0.4) is 0 Å². The Morgan fingerprint density at radius 1 is 1.15 bits per heavy atom. The van der Waals surface area contributed by atoms with Gasteiger partial charge in [-0.05, 0) is 31.2 Å². The molecule has 1 aliphatic rings. The molecule has 1 atom stereocenters. The van der Waals surface area contributed by atoms with Crippen LogP contribution in [0.2, 0.25) is 0 Å². The van der Waals surface area contributed by atoms with Gasteiger partial charge in [0, 0.05) is 50.3 Å². The lowest BCUT2D eigenvalue weighted by molar-refractivity contribution is -0.133. The summed E-state index contributed by atoms with van der Waals surface area (Å²) in [7, 11) is 1.65. The van der Waals surface area contributed by atoms with Crippen LogP contribution in [-0.4, -0.2) is 61.0 Å². The van der Waals surface area contributed by atoms with E-state index in [0.29, 0.717) is 18.7 Å². The van der Waals surface area contributed by atoms with E-state index in [2.05, 4.69) is 15.2 Å². The number of hydrogen-bond donors (Lipinski definition) is 1. The zero-order valence-corrected chi connectivity index (χ0v) is 15.6. The second-order valence-electron chi connectivity index (χ2n) is 6.45. The molecular weight excluding hydrogens is 344 g/mol. The highest BCUT2D eigenvalue weighted by molar-refractivity contribution is 5.97. The van der Waals surface area contributed by atoms with E-state index in [1.54, 1.807) is 37.3 Å². The number of methoxy groups -OCH3 is 1. The summed E-state index contributed by atoms with van der Waals surface area (Å²) in [5.74, 6) is 0.453. The zero-order valence-electron chi connectivity index (χ0n) is 15.6. The van der Waals surface area contributed by atoms with Crippen molar-refractivity contribution in [1.29, 1.82) is 0 Å². The Bertz CT molecular complexity index is 789. The number of carbonyl (C=O) groups excluding carboxylic acids is 2. The summed E-state index contributed by atoms with van der Waals surface area (Å²) >= 11 is 0. The standard InChI is InChI=1S/C20H24N4O3/c1-15(22-19(25)16-5-4-8-21-14-16)20(26)24-11-9-23(10-12-24)17-6-3-7-18(13-17)27-2/h3-8,13-15H,9-12H2,1-2H3,(H,22,25). The Balaban J connectivity index is 1.54. The summed E-state index contributed by atoms with van der Waals surface area (Å²) in [5, 5.41) is 2.75. The molecule has 1 N–H and O–H groups in total. The SMILES string of the molecule is COc1cccc(N2CCN(C(=O)C(C)NC(=O)c3cccnc3)CC2)c1. The van der Waals surface area contributed by atoms with E-state index in [0.717, 1.165) is 24.5 Å². The lowest BCUT2D eigenvalue weighted by Gasteiger charge is -2.37. The van der Waals surface area contributed by atoms with Gasteiger partial charge >= 0.3 is 0 Å². The van der Waals surface area contributed by atoms with Crippen LogP contribution in [0, 0.1) is 0 Å². The Labute approximate surface area is 158 Å². The molecule has 1 fully saturated rings. The molecule has 0 radical (unpaired) electrons. The van der Waals surface area contributed by atoms with Gasteiger partial charge in [-0.1, -0.05) is 6.07 Å². The quantitative estimate of drug-likeness (QED) is 0.867. The van der Waals surface area contributed by atoms with Crippen molar-refractivity contribution in [1.82, 2.24) is 15.2 Å². The Kier molecular flexibility index (Phi) is 5.90. The number of piperazine rings is 1. The number of nitrogens with zero attached hydrogens (tertiary/aromatic N) is 3. The topological polar surface area (TPSA) is 74.8 Å². The fraction of sp³-hybridized carbons (Fsp3) is 0.350. The molecule has 3 rings (SSSR count). The molecule has 0 bridgehead atoms. The third kappa shape index (κ3) is 4.55. The smallest absolute Gasteiger partial charge is 0.253 e. The largest absolute Gasteiger partial charge is 0.497 e. The first-order valence-corrected chi connectivity index (χ1v) is 8.97. The molecule has 1 aromatic heterocycles. The van der Waals surface area contributed by atoms with Crippen LogP contribution in [0.5, 0.6) is 5.75 Å². The van der Waals surface area contributed by atoms with Crippen LogP contribution in [-0.2, 0) is 4.79 Å². The normalized spacial score (nSPS) is 15.2. The number of benzene rings is 1. The molecule has 1 aromatic carbocycles. The van der Waals surface area contributed by atoms with Gasteiger partial charge < -0.3 is 19.9 Å². The third-order valence-corrected chi connectivity index (χ3v) is 4.65. The summed E-state index contributed by atoms with van der Waals surface area (Å²) in [6.45, 7) is 4.42. The van der Waals surface area contributed by atoms with Crippen LogP contribution >= 0.6 is 0 Å². The van der Waals surface area contributed by atoms with Crippen molar-refractivity contribution in [3.63, 3.8) is 0 Å². The number of pyridine rings is 1.